The average molecular weight is 496 g/mol. The van der Waals surface area contributed by atoms with Crippen molar-refractivity contribution in [2.24, 2.45) is 10.4 Å². The summed E-state index contributed by atoms with van der Waals surface area (Å²) in [6.45, 7) is 3.13. The Kier molecular flexibility index (Phi) is 7.90. The second-order valence-corrected chi connectivity index (χ2v) is 7.15. The molecule has 2 N–H and O–H groups in total. The molecule has 0 amide bonds. The van der Waals surface area contributed by atoms with Crippen molar-refractivity contribution in [3.8, 4) is 5.75 Å². The lowest BCUT2D eigenvalue weighted by atomic mass is 9.89. The minimum Gasteiger partial charge on any atom is -0.433 e. The molecule has 0 aromatic heterocycles. The van der Waals surface area contributed by atoms with Gasteiger partial charge in [-0.15, -0.1) is 24.0 Å². The average Bonchev–Trinajstić information content (AvgIpc) is 3.05. The van der Waals surface area contributed by atoms with Gasteiger partial charge in [-0.1, -0.05) is 19.1 Å². The zero-order valence-corrected chi connectivity index (χ0v) is 17.9. The molecule has 1 atom stereocenters. The van der Waals surface area contributed by atoms with Crippen molar-refractivity contribution in [3.63, 3.8) is 0 Å². The number of nitrogens with zero attached hydrogens (tertiary/aromatic N) is 2. The van der Waals surface area contributed by atoms with Crippen molar-refractivity contribution in [3.05, 3.63) is 24.3 Å². The Morgan fingerprint density at radius 2 is 2.15 bits per heavy atom. The molecule has 2 fully saturated rings. The van der Waals surface area contributed by atoms with E-state index in [9.17, 15) is 8.78 Å². The first-order valence-electron chi connectivity index (χ1n) is 8.83. The highest BCUT2D eigenvalue weighted by Gasteiger charge is 2.33. The van der Waals surface area contributed by atoms with Gasteiger partial charge in [-0.05, 0) is 18.6 Å². The highest BCUT2D eigenvalue weighted by Crippen LogP contribution is 2.31. The monoisotopic (exact) mass is 496 g/mol. The lowest BCUT2D eigenvalue weighted by Crippen LogP contribution is -2.52. The van der Waals surface area contributed by atoms with Gasteiger partial charge in [0.25, 0.3) is 0 Å². The van der Waals surface area contributed by atoms with Crippen LogP contribution >= 0.6 is 24.0 Å². The quantitative estimate of drug-likeness (QED) is 0.361. The summed E-state index contributed by atoms with van der Waals surface area (Å²) in [4.78, 5) is 6.34. The molecule has 9 heteroatoms. The van der Waals surface area contributed by atoms with Crippen LogP contribution in [0.2, 0.25) is 0 Å². The van der Waals surface area contributed by atoms with Crippen LogP contribution in [0.3, 0.4) is 0 Å². The number of anilines is 1. The second kappa shape index (κ2) is 9.72. The third-order valence-corrected chi connectivity index (χ3v) is 4.76. The highest BCUT2D eigenvalue weighted by atomic mass is 127. The third kappa shape index (κ3) is 5.81. The molecule has 152 valence electrons. The van der Waals surface area contributed by atoms with Gasteiger partial charge in [0.2, 0.25) is 0 Å². The predicted molar refractivity (Wildman–Crippen MR) is 113 cm³/mol. The first-order chi connectivity index (χ1) is 12.5. The number of para-hydroxylation sites is 2. The number of benzene rings is 1. The molecule has 1 aromatic rings. The number of guanidine groups is 1. The van der Waals surface area contributed by atoms with E-state index in [-0.39, 0.29) is 41.2 Å². The maximum absolute atomic E-state index is 12.6. The topological polar surface area (TPSA) is 58.1 Å². The summed E-state index contributed by atoms with van der Waals surface area (Å²) in [5, 5.41) is 6.76. The first kappa shape index (κ1) is 21.9. The maximum Gasteiger partial charge on any atom is 0.387 e. The smallest absolute Gasteiger partial charge is 0.387 e. The van der Waals surface area contributed by atoms with E-state index < -0.39 is 6.61 Å². The molecule has 0 radical (unpaired) electrons. The minimum atomic E-state index is -2.83. The molecule has 27 heavy (non-hydrogen) atoms. The molecule has 0 bridgehead atoms. The minimum absolute atomic E-state index is 0. The number of hydrogen-bond donors (Lipinski definition) is 2. The van der Waals surface area contributed by atoms with Gasteiger partial charge >= 0.3 is 6.61 Å². The van der Waals surface area contributed by atoms with Crippen LogP contribution in [0.25, 0.3) is 0 Å². The van der Waals surface area contributed by atoms with E-state index in [4.69, 9.17) is 4.74 Å². The van der Waals surface area contributed by atoms with Gasteiger partial charge in [-0.25, -0.2) is 0 Å². The number of hydrogen-bond acceptors (Lipinski definition) is 4. The van der Waals surface area contributed by atoms with Gasteiger partial charge in [0.1, 0.15) is 5.75 Å². The fourth-order valence-corrected chi connectivity index (χ4v) is 3.25. The zero-order chi connectivity index (χ0) is 18.6. The van der Waals surface area contributed by atoms with Gasteiger partial charge in [0.15, 0.2) is 5.96 Å². The van der Waals surface area contributed by atoms with E-state index in [0.29, 0.717) is 12.2 Å². The van der Waals surface area contributed by atoms with Gasteiger partial charge in [-0.2, -0.15) is 8.78 Å². The SMILES string of the molecule is CN=C(NCC1(C)COC1)NC1CCN(c2ccccc2OC(F)F)C1.I. The van der Waals surface area contributed by atoms with E-state index in [1.165, 1.54) is 0 Å². The van der Waals surface area contributed by atoms with Crippen molar-refractivity contribution in [1.82, 2.24) is 10.6 Å². The van der Waals surface area contributed by atoms with Crippen molar-refractivity contribution in [1.29, 1.82) is 0 Å². The lowest BCUT2D eigenvalue weighted by Gasteiger charge is -2.38. The molecular weight excluding hydrogens is 469 g/mol. The molecule has 1 aromatic carbocycles. The van der Waals surface area contributed by atoms with E-state index >= 15 is 0 Å². The standard InChI is InChI=1S/C18H26F2N4O2.HI/c1-18(11-25-12-18)10-22-17(21-2)23-13-7-8-24(9-13)14-5-3-4-6-15(14)26-16(19)20;/h3-6,13,16H,7-12H2,1-2H3,(H2,21,22,23);1H. The Hall–Kier alpha value is -1.36. The summed E-state index contributed by atoms with van der Waals surface area (Å²) in [6, 6.07) is 7.10. The molecule has 0 aliphatic carbocycles. The largest absolute Gasteiger partial charge is 0.433 e. The molecule has 3 rings (SSSR count). The van der Waals surface area contributed by atoms with Crippen LogP contribution in [-0.2, 0) is 4.74 Å². The summed E-state index contributed by atoms with van der Waals surface area (Å²) in [7, 11) is 1.74. The Bertz CT molecular complexity index is 644. The number of ether oxygens (including phenoxy) is 2. The normalized spacial score (nSPS) is 21.4. The van der Waals surface area contributed by atoms with Crippen LogP contribution in [0, 0.1) is 5.41 Å². The van der Waals surface area contributed by atoms with E-state index in [1.807, 2.05) is 12.1 Å². The maximum atomic E-state index is 12.6. The summed E-state index contributed by atoms with van der Waals surface area (Å²) in [5.74, 6) is 0.964. The van der Waals surface area contributed by atoms with E-state index in [1.54, 1.807) is 19.2 Å². The van der Waals surface area contributed by atoms with Crippen LogP contribution in [0.5, 0.6) is 5.75 Å². The van der Waals surface area contributed by atoms with Crippen molar-refractivity contribution in [2.45, 2.75) is 26.0 Å². The highest BCUT2D eigenvalue weighted by molar-refractivity contribution is 14.0. The van der Waals surface area contributed by atoms with Crippen molar-refractivity contribution >= 4 is 35.6 Å². The van der Waals surface area contributed by atoms with E-state index in [0.717, 1.165) is 38.7 Å². The summed E-state index contributed by atoms with van der Waals surface area (Å²) >= 11 is 0. The van der Waals surface area contributed by atoms with Gasteiger partial charge in [0.05, 0.1) is 18.9 Å². The second-order valence-electron chi connectivity index (χ2n) is 7.15. The van der Waals surface area contributed by atoms with Crippen LogP contribution in [-0.4, -0.2) is 58.5 Å². The number of halogens is 3. The first-order valence-corrected chi connectivity index (χ1v) is 8.83. The van der Waals surface area contributed by atoms with Crippen molar-refractivity contribution in [2.75, 3.05) is 44.8 Å². The van der Waals surface area contributed by atoms with Gasteiger partial charge < -0.3 is 25.0 Å². The predicted octanol–water partition coefficient (Wildman–Crippen LogP) is 2.69. The van der Waals surface area contributed by atoms with Gasteiger partial charge in [-0.3, -0.25) is 4.99 Å². The Morgan fingerprint density at radius 3 is 2.78 bits per heavy atom. The summed E-state index contributed by atoms with van der Waals surface area (Å²) < 4.78 is 35.1. The summed E-state index contributed by atoms with van der Waals surface area (Å²) in [6.07, 6.45) is 0.893. The van der Waals surface area contributed by atoms with Crippen LogP contribution in [0.1, 0.15) is 13.3 Å². The summed E-state index contributed by atoms with van der Waals surface area (Å²) in [5.41, 5.74) is 0.851. The zero-order valence-electron chi connectivity index (χ0n) is 15.6. The molecule has 2 aliphatic rings. The number of aliphatic imine (C=N–C) groups is 1. The fraction of sp³-hybridized carbons (Fsp3) is 0.611. The lowest BCUT2D eigenvalue weighted by molar-refractivity contribution is -0.0971. The number of nitrogens with one attached hydrogen (secondary N) is 2. The molecule has 2 saturated heterocycles. The Labute approximate surface area is 175 Å². The molecule has 0 saturated carbocycles. The van der Waals surface area contributed by atoms with E-state index in [2.05, 4.69) is 32.2 Å². The Balaban J connectivity index is 0.00000261. The number of rotatable bonds is 6. The number of alkyl halides is 2. The molecule has 1 unspecified atom stereocenters. The molecule has 2 heterocycles. The van der Waals surface area contributed by atoms with Gasteiger partial charge in [0, 0.05) is 38.1 Å². The Morgan fingerprint density at radius 1 is 1.41 bits per heavy atom. The van der Waals surface area contributed by atoms with Crippen LogP contribution in [0.15, 0.2) is 29.3 Å². The van der Waals surface area contributed by atoms with Crippen LogP contribution in [0.4, 0.5) is 14.5 Å². The molecule has 2 aliphatic heterocycles. The molecular formula is C18H27F2IN4O2. The molecule has 0 spiro atoms. The molecule has 6 nitrogen and oxygen atoms in total. The van der Waals surface area contributed by atoms with Crippen LogP contribution < -0.4 is 20.3 Å². The third-order valence-electron chi connectivity index (χ3n) is 4.76. The van der Waals surface area contributed by atoms with Crippen molar-refractivity contribution < 1.29 is 18.3 Å². The fourth-order valence-electron chi connectivity index (χ4n) is 3.25.